The van der Waals surface area contributed by atoms with Crippen molar-refractivity contribution in [3.05, 3.63) is 69.4 Å². The van der Waals surface area contributed by atoms with Crippen LogP contribution in [-0.4, -0.2) is 9.55 Å². The average Bonchev–Trinajstić information content (AvgIpc) is 2.92. The zero-order chi connectivity index (χ0) is 15.7. The van der Waals surface area contributed by atoms with Gasteiger partial charge in [-0.1, -0.05) is 41.7 Å². The topological polar surface area (TPSA) is 17.8 Å². The van der Waals surface area contributed by atoms with Crippen LogP contribution < -0.4 is 0 Å². The number of aryl methyl sites for hydroxylation is 1. The van der Waals surface area contributed by atoms with Crippen molar-refractivity contribution in [1.29, 1.82) is 0 Å². The number of hydrogen-bond donors (Lipinski definition) is 0. The lowest BCUT2D eigenvalue weighted by atomic mass is 10.2. The summed E-state index contributed by atoms with van der Waals surface area (Å²) in [6.45, 7) is 2.09. The highest BCUT2D eigenvalue weighted by molar-refractivity contribution is 6.36. The van der Waals surface area contributed by atoms with Gasteiger partial charge < -0.3 is 0 Å². The molecule has 22 heavy (non-hydrogen) atoms. The molecule has 0 saturated heterocycles. The molecule has 0 radical (unpaired) electrons. The third-order valence-electron chi connectivity index (χ3n) is 3.45. The molecule has 0 amide bonds. The van der Waals surface area contributed by atoms with E-state index in [1.807, 2.05) is 42.6 Å². The number of imidazole rings is 1. The van der Waals surface area contributed by atoms with Crippen molar-refractivity contribution >= 4 is 34.8 Å². The van der Waals surface area contributed by atoms with Crippen LogP contribution in [0.15, 0.2) is 48.7 Å². The van der Waals surface area contributed by atoms with Gasteiger partial charge >= 0.3 is 0 Å². The van der Waals surface area contributed by atoms with Crippen LogP contribution in [0, 0.1) is 0 Å². The molecule has 0 unspecified atom stereocenters. The van der Waals surface area contributed by atoms with E-state index in [0.29, 0.717) is 15.1 Å². The van der Waals surface area contributed by atoms with Gasteiger partial charge in [0.2, 0.25) is 0 Å². The van der Waals surface area contributed by atoms with Crippen LogP contribution in [-0.2, 0) is 6.42 Å². The van der Waals surface area contributed by atoms with Crippen molar-refractivity contribution < 1.29 is 0 Å². The van der Waals surface area contributed by atoms with Crippen molar-refractivity contribution in [2.75, 3.05) is 0 Å². The molecule has 112 valence electrons. The van der Waals surface area contributed by atoms with E-state index >= 15 is 0 Å². The molecule has 2 nitrogen and oxygen atoms in total. The molecule has 1 heterocycles. The van der Waals surface area contributed by atoms with Crippen molar-refractivity contribution in [1.82, 2.24) is 9.55 Å². The molecular formula is C17H13Cl3N2. The van der Waals surface area contributed by atoms with Crippen LogP contribution in [0.25, 0.3) is 17.1 Å². The Bertz CT molecular complexity index is 807. The number of nitrogens with zero attached hydrogens (tertiary/aromatic N) is 2. The molecule has 3 rings (SSSR count). The first-order valence-corrected chi connectivity index (χ1v) is 8.01. The summed E-state index contributed by atoms with van der Waals surface area (Å²) in [6, 6.07) is 13.1. The van der Waals surface area contributed by atoms with Gasteiger partial charge in [-0.15, -0.1) is 0 Å². The zero-order valence-electron chi connectivity index (χ0n) is 11.9. The third-order valence-corrected chi connectivity index (χ3v) is 4.25. The van der Waals surface area contributed by atoms with Crippen molar-refractivity contribution in [3.63, 3.8) is 0 Å². The molecule has 0 N–H and O–H groups in total. The first-order chi connectivity index (χ1) is 10.6. The smallest absolute Gasteiger partial charge is 0.146 e. The summed E-state index contributed by atoms with van der Waals surface area (Å²) in [7, 11) is 0. The van der Waals surface area contributed by atoms with Crippen LogP contribution in [0.1, 0.15) is 12.6 Å². The van der Waals surface area contributed by atoms with E-state index < -0.39 is 0 Å². The van der Waals surface area contributed by atoms with E-state index in [0.717, 1.165) is 29.2 Å². The minimum atomic E-state index is 0.580. The maximum atomic E-state index is 6.34. The van der Waals surface area contributed by atoms with Crippen LogP contribution in [0.2, 0.25) is 15.1 Å². The van der Waals surface area contributed by atoms with Gasteiger partial charge in [0.15, 0.2) is 0 Å². The van der Waals surface area contributed by atoms with Crippen LogP contribution in [0.5, 0.6) is 0 Å². The molecule has 0 aliphatic rings. The summed E-state index contributed by atoms with van der Waals surface area (Å²) >= 11 is 18.3. The first kappa shape index (κ1) is 15.4. The number of halogens is 3. The second-order valence-electron chi connectivity index (χ2n) is 4.86. The summed E-state index contributed by atoms with van der Waals surface area (Å²) < 4.78 is 2.09. The van der Waals surface area contributed by atoms with Crippen molar-refractivity contribution in [2.24, 2.45) is 0 Å². The molecule has 0 atom stereocenters. The Labute approximate surface area is 144 Å². The highest BCUT2D eigenvalue weighted by Gasteiger charge is 2.15. The maximum Gasteiger partial charge on any atom is 0.146 e. The lowest BCUT2D eigenvalue weighted by Gasteiger charge is -2.12. The minimum absolute atomic E-state index is 0.580. The molecule has 2 aromatic carbocycles. The van der Waals surface area contributed by atoms with E-state index in [4.69, 9.17) is 34.8 Å². The van der Waals surface area contributed by atoms with E-state index in [-0.39, 0.29) is 0 Å². The van der Waals surface area contributed by atoms with Crippen LogP contribution in [0.3, 0.4) is 0 Å². The molecule has 0 bridgehead atoms. The standard InChI is InChI=1S/C17H13Cl3N2/c1-2-13-10-21-17(15-8-5-12(19)9-16(15)20)22(13)14-6-3-11(18)4-7-14/h3-10H,2H2,1H3. The van der Waals surface area contributed by atoms with E-state index in [9.17, 15) is 0 Å². The van der Waals surface area contributed by atoms with Gasteiger partial charge in [-0.2, -0.15) is 0 Å². The van der Waals surface area contributed by atoms with E-state index in [1.165, 1.54) is 0 Å². The second-order valence-corrected chi connectivity index (χ2v) is 6.14. The number of aromatic nitrogens is 2. The Balaban J connectivity index is 2.21. The molecule has 0 saturated carbocycles. The molecule has 0 aliphatic carbocycles. The average molecular weight is 352 g/mol. The predicted octanol–water partition coefficient (Wildman–Crippen LogP) is 6.06. The van der Waals surface area contributed by atoms with E-state index in [2.05, 4.69) is 16.5 Å². The van der Waals surface area contributed by atoms with Crippen LogP contribution in [0.4, 0.5) is 0 Å². The second kappa shape index (κ2) is 6.33. The Kier molecular flexibility index (Phi) is 4.44. The lowest BCUT2D eigenvalue weighted by Crippen LogP contribution is -2.02. The molecule has 1 aromatic heterocycles. The van der Waals surface area contributed by atoms with Gasteiger partial charge in [-0.3, -0.25) is 4.57 Å². The Morgan fingerprint density at radius 1 is 0.955 bits per heavy atom. The van der Waals surface area contributed by atoms with Gasteiger partial charge in [0, 0.05) is 33.2 Å². The Hall–Kier alpha value is -1.48. The summed E-state index contributed by atoms with van der Waals surface area (Å²) in [5.74, 6) is 0.792. The fourth-order valence-corrected chi connectivity index (χ4v) is 2.99. The molecule has 5 heteroatoms. The van der Waals surface area contributed by atoms with Gasteiger partial charge in [0.25, 0.3) is 0 Å². The number of hydrogen-bond acceptors (Lipinski definition) is 1. The molecule has 0 aliphatic heterocycles. The van der Waals surface area contributed by atoms with Crippen molar-refractivity contribution in [3.8, 4) is 17.1 Å². The summed E-state index contributed by atoms with van der Waals surface area (Å²) in [5.41, 5.74) is 2.95. The normalized spacial score (nSPS) is 10.9. The molecular weight excluding hydrogens is 339 g/mol. The summed E-state index contributed by atoms with van der Waals surface area (Å²) in [5, 5.41) is 1.89. The lowest BCUT2D eigenvalue weighted by molar-refractivity contribution is 0.941. The quantitative estimate of drug-likeness (QED) is 0.560. The highest BCUT2D eigenvalue weighted by atomic mass is 35.5. The fourth-order valence-electron chi connectivity index (χ4n) is 2.38. The highest BCUT2D eigenvalue weighted by Crippen LogP contribution is 2.32. The monoisotopic (exact) mass is 350 g/mol. The fraction of sp³-hybridized carbons (Fsp3) is 0.118. The summed E-state index contributed by atoms with van der Waals surface area (Å²) in [4.78, 5) is 4.55. The van der Waals surface area contributed by atoms with Crippen molar-refractivity contribution in [2.45, 2.75) is 13.3 Å². The predicted molar refractivity (Wildman–Crippen MR) is 93.4 cm³/mol. The zero-order valence-corrected chi connectivity index (χ0v) is 14.1. The molecule has 3 aromatic rings. The Morgan fingerprint density at radius 3 is 2.27 bits per heavy atom. The van der Waals surface area contributed by atoms with E-state index in [1.54, 1.807) is 6.07 Å². The molecule has 0 fully saturated rings. The third kappa shape index (κ3) is 2.87. The largest absolute Gasteiger partial charge is 0.297 e. The minimum Gasteiger partial charge on any atom is -0.297 e. The van der Waals surface area contributed by atoms with Gasteiger partial charge in [-0.05, 0) is 48.9 Å². The molecule has 0 spiro atoms. The number of benzene rings is 2. The van der Waals surface area contributed by atoms with Gasteiger partial charge in [0.1, 0.15) is 5.82 Å². The van der Waals surface area contributed by atoms with Gasteiger partial charge in [-0.25, -0.2) is 4.98 Å². The summed E-state index contributed by atoms with van der Waals surface area (Å²) in [6.07, 6.45) is 2.73. The maximum absolute atomic E-state index is 6.34. The Morgan fingerprint density at radius 2 is 1.64 bits per heavy atom. The SMILES string of the molecule is CCc1cnc(-c2ccc(Cl)cc2Cl)n1-c1ccc(Cl)cc1. The van der Waals surface area contributed by atoms with Crippen LogP contribution >= 0.6 is 34.8 Å². The number of rotatable bonds is 3. The van der Waals surface area contributed by atoms with Gasteiger partial charge in [0.05, 0.1) is 5.02 Å². The first-order valence-electron chi connectivity index (χ1n) is 6.88.